The molecule has 0 saturated carbocycles. The highest BCUT2D eigenvalue weighted by atomic mass is 19.4. The summed E-state index contributed by atoms with van der Waals surface area (Å²) in [5, 5.41) is 0. The fourth-order valence-electron chi connectivity index (χ4n) is 0.744. The molecule has 0 aliphatic heterocycles. The van der Waals surface area contributed by atoms with E-state index in [4.69, 9.17) is 5.73 Å². The Morgan fingerprint density at radius 1 is 1.43 bits per heavy atom. The lowest BCUT2D eigenvalue weighted by Gasteiger charge is -2.28. The van der Waals surface area contributed by atoms with Gasteiger partial charge in [0.1, 0.15) is 0 Å². The first kappa shape index (κ1) is 13.2. The number of methoxy groups -OCH3 is 1. The maximum Gasteiger partial charge on any atom is 0.419 e. The summed E-state index contributed by atoms with van der Waals surface area (Å²) in [6, 6.07) is 0. The Hall–Kier alpha value is -0.820. The zero-order valence-corrected chi connectivity index (χ0v) is 7.85. The molecule has 0 saturated heterocycles. The quantitative estimate of drug-likeness (QED) is 0.692. The molecule has 0 aliphatic carbocycles. The van der Waals surface area contributed by atoms with E-state index < -0.39 is 24.3 Å². The molecule has 1 atom stereocenters. The van der Waals surface area contributed by atoms with Gasteiger partial charge in [-0.1, -0.05) is 0 Å². The molecule has 0 fully saturated rings. The number of rotatable bonds is 4. The molecule has 0 rings (SSSR count). The van der Waals surface area contributed by atoms with Crippen molar-refractivity contribution in [2.75, 3.05) is 20.3 Å². The molecule has 0 aromatic rings. The van der Waals surface area contributed by atoms with Gasteiger partial charge in [0, 0.05) is 7.11 Å². The third-order valence-electron chi connectivity index (χ3n) is 1.52. The van der Waals surface area contributed by atoms with Crippen molar-refractivity contribution in [3.63, 3.8) is 0 Å². The van der Waals surface area contributed by atoms with Crippen LogP contribution in [0.2, 0.25) is 0 Å². The summed E-state index contributed by atoms with van der Waals surface area (Å²) in [6.07, 6.45) is -4.89. The molecule has 84 valence electrons. The summed E-state index contributed by atoms with van der Waals surface area (Å²) in [5.74, 6) is -1.53. The molecular weight excluding hydrogens is 203 g/mol. The van der Waals surface area contributed by atoms with Crippen LogP contribution < -0.4 is 5.73 Å². The first-order chi connectivity index (χ1) is 6.29. The second-order valence-corrected chi connectivity index (χ2v) is 2.62. The molecule has 0 bridgehead atoms. The van der Waals surface area contributed by atoms with Crippen LogP contribution in [0.3, 0.4) is 0 Å². The molecule has 1 unspecified atom stereocenters. The SMILES string of the molecule is CCOC(=O)C(N)(COC)C(F)(F)F. The average Bonchev–Trinajstić information content (AvgIpc) is 2.03. The predicted molar refractivity (Wildman–Crippen MR) is 41.5 cm³/mol. The van der Waals surface area contributed by atoms with Gasteiger partial charge < -0.3 is 15.2 Å². The minimum absolute atomic E-state index is 0.169. The Bertz CT molecular complexity index is 207. The number of alkyl halides is 3. The van der Waals surface area contributed by atoms with Gasteiger partial charge in [0.05, 0.1) is 13.2 Å². The highest BCUT2D eigenvalue weighted by Gasteiger charge is 2.59. The molecule has 4 nitrogen and oxygen atoms in total. The van der Waals surface area contributed by atoms with E-state index in [1.165, 1.54) is 6.92 Å². The maximum absolute atomic E-state index is 12.4. The van der Waals surface area contributed by atoms with Crippen molar-refractivity contribution >= 4 is 5.97 Å². The summed E-state index contributed by atoms with van der Waals surface area (Å²) < 4.78 is 45.6. The van der Waals surface area contributed by atoms with E-state index in [2.05, 4.69) is 9.47 Å². The van der Waals surface area contributed by atoms with Crippen LogP contribution >= 0.6 is 0 Å². The fourth-order valence-corrected chi connectivity index (χ4v) is 0.744. The van der Waals surface area contributed by atoms with Gasteiger partial charge in [0.15, 0.2) is 0 Å². The van der Waals surface area contributed by atoms with E-state index in [9.17, 15) is 18.0 Å². The van der Waals surface area contributed by atoms with Crippen LogP contribution in [0.5, 0.6) is 0 Å². The number of ether oxygens (including phenoxy) is 2. The second kappa shape index (κ2) is 4.61. The number of hydrogen-bond acceptors (Lipinski definition) is 4. The van der Waals surface area contributed by atoms with Gasteiger partial charge in [-0.3, -0.25) is 0 Å². The Morgan fingerprint density at radius 2 is 1.93 bits per heavy atom. The smallest absolute Gasteiger partial charge is 0.419 e. The van der Waals surface area contributed by atoms with Crippen molar-refractivity contribution in [3.8, 4) is 0 Å². The van der Waals surface area contributed by atoms with E-state index in [1.54, 1.807) is 0 Å². The lowest BCUT2D eigenvalue weighted by molar-refractivity contribution is -0.213. The lowest BCUT2D eigenvalue weighted by Crippen LogP contribution is -2.63. The van der Waals surface area contributed by atoms with Crippen LogP contribution in [0.25, 0.3) is 0 Å². The summed E-state index contributed by atoms with van der Waals surface area (Å²) >= 11 is 0. The topological polar surface area (TPSA) is 61.5 Å². The van der Waals surface area contributed by atoms with Crippen molar-refractivity contribution < 1.29 is 27.4 Å². The number of esters is 1. The van der Waals surface area contributed by atoms with Crippen molar-refractivity contribution in [1.82, 2.24) is 0 Å². The minimum Gasteiger partial charge on any atom is -0.464 e. The van der Waals surface area contributed by atoms with Crippen molar-refractivity contribution in [2.24, 2.45) is 5.73 Å². The minimum atomic E-state index is -4.89. The van der Waals surface area contributed by atoms with E-state index in [1.807, 2.05) is 0 Å². The maximum atomic E-state index is 12.4. The van der Waals surface area contributed by atoms with E-state index in [0.29, 0.717) is 0 Å². The van der Waals surface area contributed by atoms with Gasteiger partial charge >= 0.3 is 12.1 Å². The third-order valence-corrected chi connectivity index (χ3v) is 1.52. The van der Waals surface area contributed by atoms with E-state index in [0.717, 1.165) is 7.11 Å². The van der Waals surface area contributed by atoms with Gasteiger partial charge in [-0.25, -0.2) is 4.79 Å². The van der Waals surface area contributed by atoms with Crippen molar-refractivity contribution in [3.05, 3.63) is 0 Å². The van der Waals surface area contributed by atoms with Crippen LogP contribution in [-0.2, 0) is 14.3 Å². The number of carbonyl (C=O) groups is 1. The Kier molecular flexibility index (Phi) is 4.34. The molecule has 0 heterocycles. The summed E-state index contributed by atoms with van der Waals surface area (Å²) in [7, 11) is 1.02. The van der Waals surface area contributed by atoms with Gasteiger partial charge in [-0.15, -0.1) is 0 Å². The Labute approximate surface area is 79.2 Å². The third kappa shape index (κ3) is 2.58. The second-order valence-electron chi connectivity index (χ2n) is 2.62. The standard InChI is InChI=1S/C7H12F3NO3/c1-3-14-5(12)6(11,4-13-2)7(8,9)10/h3-4,11H2,1-2H3. The Balaban J connectivity index is 4.80. The van der Waals surface area contributed by atoms with Crippen LogP contribution in [-0.4, -0.2) is 38.0 Å². The van der Waals surface area contributed by atoms with Crippen molar-refractivity contribution in [1.29, 1.82) is 0 Å². The molecule has 0 aromatic carbocycles. The van der Waals surface area contributed by atoms with Crippen molar-refractivity contribution in [2.45, 2.75) is 18.6 Å². The number of carbonyl (C=O) groups excluding carboxylic acids is 1. The van der Waals surface area contributed by atoms with Gasteiger partial charge in [-0.05, 0) is 6.92 Å². The molecule has 0 amide bonds. The molecule has 0 aliphatic rings. The van der Waals surface area contributed by atoms with Crippen LogP contribution in [0.1, 0.15) is 6.92 Å². The number of hydrogen-bond donors (Lipinski definition) is 1. The van der Waals surface area contributed by atoms with E-state index >= 15 is 0 Å². The molecule has 0 radical (unpaired) electrons. The monoisotopic (exact) mass is 215 g/mol. The number of nitrogens with two attached hydrogens (primary N) is 1. The summed E-state index contributed by atoms with van der Waals surface area (Å²) in [4.78, 5) is 11.0. The van der Waals surface area contributed by atoms with Crippen LogP contribution in [0.4, 0.5) is 13.2 Å². The van der Waals surface area contributed by atoms with Crippen LogP contribution in [0.15, 0.2) is 0 Å². The fraction of sp³-hybridized carbons (Fsp3) is 0.857. The summed E-state index contributed by atoms with van der Waals surface area (Å²) in [5.41, 5.74) is 1.81. The molecule has 2 N–H and O–H groups in total. The zero-order valence-electron chi connectivity index (χ0n) is 7.85. The molecule has 7 heteroatoms. The largest absolute Gasteiger partial charge is 0.464 e. The molecular formula is C7H12F3NO3. The first-order valence-corrected chi connectivity index (χ1v) is 3.81. The first-order valence-electron chi connectivity index (χ1n) is 3.81. The zero-order chi connectivity index (χ0) is 11.4. The normalized spacial score (nSPS) is 16.1. The average molecular weight is 215 g/mol. The molecule has 14 heavy (non-hydrogen) atoms. The van der Waals surface area contributed by atoms with Gasteiger partial charge in [0.2, 0.25) is 5.54 Å². The lowest BCUT2D eigenvalue weighted by atomic mass is 10.0. The van der Waals surface area contributed by atoms with Crippen LogP contribution in [0, 0.1) is 0 Å². The van der Waals surface area contributed by atoms with Gasteiger partial charge in [0.25, 0.3) is 0 Å². The number of halogens is 3. The predicted octanol–water partition coefficient (Wildman–Crippen LogP) is 0.456. The molecule has 0 aromatic heterocycles. The van der Waals surface area contributed by atoms with E-state index in [-0.39, 0.29) is 6.61 Å². The highest BCUT2D eigenvalue weighted by Crippen LogP contribution is 2.29. The van der Waals surface area contributed by atoms with Gasteiger partial charge in [-0.2, -0.15) is 13.2 Å². The highest BCUT2D eigenvalue weighted by molar-refractivity contribution is 5.82. The molecule has 0 spiro atoms. The summed E-state index contributed by atoms with van der Waals surface area (Å²) in [6.45, 7) is 0.258. The Morgan fingerprint density at radius 3 is 2.21 bits per heavy atom.